The molecular formula is C29H38N4. The predicted molar refractivity (Wildman–Crippen MR) is 140 cm³/mol. The smallest absolute Gasteiger partial charge is 0.148 e. The van der Waals surface area contributed by atoms with Crippen molar-refractivity contribution in [3.05, 3.63) is 89.6 Å². The summed E-state index contributed by atoms with van der Waals surface area (Å²) in [5.41, 5.74) is 7.00. The number of rotatable bonds is 9. The van der Waals surface area contributed by atoms with E-state index in [1.165, 1.54) is 16.7 Å². The molecule has 0 atom stereocenters. The number of anilines is 1. The summed E-state index contributed by atoms with van der Waals surface area (Å²) in [5, 5.41) is 15.8. The van der Waals surface area contributed by atoms with E-state index in [0.717, 1.165) is 42.3 Å². The molecule has 0 saturated heterocycles. The summed E-state index contributed by atoms with van der Waals surface area (Å²) in [6.45, 7) is 19.0. The summed E-state index contributed by atoms with van der Waals surface area (Å²) in [5.74, 6) is 0.787. The Balaban J connectivity index is 1.60. The zero-order chi connectivity index (χ0) is 24.1. The van der Waals surface area contributed by atoms with E-state index in [0.29, 0.717) is 0 Å². The van der Waals surface area contributed by atoms with Crippen LogP contribution in [0.15, 0.2) is 72.9 Å². The first-order valence-corrected chi connectivity index (χ1v) is 11.7. The van der Waals surface area contributed by atoms with E-state index in [1.807, 2.05) is 12.1 Å². The van der Waals surface area contributed by atoms with Crippen molar-refractivity contribution in [3.8, 4) is 11.3 Å². The van der Waals surface area contributed by atoms with E-state index >= 15 is 0 Å². The quantitative estimate of drug-likeness (QED) is 0.379. The number of aryl methyl sites for hydroxylation is 1. The van der Waals surface area contributed by atoms with Crippen molar-refractivity contribution in [2.75, 3.05) is 11.9 Å². The fourth-order valence-electron chi connectivity index (χ4n) is 3.77. The molecule has 33 heavy (non-hydrogen) atoms. The molecule has 0 aliphatic heterocycles. The molecule has 0 fully saturated rings. The molecule has 0 unspecified atom stereocenters. The normalized spacial score (nSPS) is 11.8. The number of nitrogens with zero attached hydrogens (tertiary/aromatic N) is 2. The molecule has 3 aromatic rings. The van der Waals surface area contributed by atoms with Crippen LogP contribution < -0.4 is 10.6 Å². The van der Waals surface area contributed by atoms with Crippen molar-refractivity contribution in [2.45, 2.75) is 59.9 Å². The van der Waals surface area contributed by atoms with Gasteiger partial charge in [-0.2, -0.15) is 0 Å². The highest BCUT2D eigenvalue weighted by Crippen LogP contribution is 2.25. The van der Waals surface area contributed by atoms with Crippen LogP contribution in [0.4, 0.5) is 5.82 Å². The Labute approximate surface area is 199 Å². The van der Waals surface area contributed by atoms with Gasteiger partial charge < -0.3 is 10.6 Å². The first-order chi connectivity index (χ1) is 15.5. The van der Waals surface area contributed by atoms with Gasteiger partial charge in [0.1, 0.15) is 5.82 Å². The van der Waals surface area contributed by atoms with Gasteiger partial charge in [0.05, 0.1) is 5.69 Å². The molecule has 3 rings (SSSR count). The van der Waals surface area contributed by atoms with Crippen LogP contribution in [-0.4, -0.2) is 16.7 Å². The van der Waals surface area contributed by atoms with Gasteiger partial charge in [0.25, 0.3) is 0 Å². The minimum atomic E-state index is -0.00756. The zero-order valence-electron chi connectivity index (χ0n) is 21.0. The van der Waals surface area contributed by atoms with Crippen LogP contribution in [0.1, 0.15) is 57.7 Å². The first kappa shape index (κ1) is 24.5. The van der Waals surface area contributed by atoms with Gasteiger partial charge in [-0.05, 0) is 48.1 Å². The maximum absolute atomic E-state index is 4.47. The van der Waals surface area contributed by atoms with E-state index in [9.17, 15) is 0 Å². The molecule has 1 heterocycles. The van der Waals surface area contributed by atoms with Crippen LogP contribution >= 0.6 is 0 Å². The minimum Gasteiger partial charge on any atom is -0.385 e. The Morgan fingerprint density at radius 2 is 1.64 bits per heavy atom. The summed E-state index contributed by atoms with van der Waals surface area (Å²) >= 11 is 0. The molecule has 0 aliphatic carbocycles. The fraction of sp³-hybridized carbons (Fsp3) is 0.379. The maximum Gasteiger partial charge on any atom is 0.148 e. The van der Waals surface area contributed by atoms with Crippen molar-refractivity contribution in [1.29, 1.82) is 0 Å². The monoisotopic (exact) mass is 442 g/mol. The topological polar surface area (TPSA) is 49.8 Å². The van der Waals surface area contributed by atoms with Crippen molar-refractivity contribution in [1.82, 2.24) is 15.5 Å². The number of benzene rings is 2. The summed E-state index contributed by atoms with van der Waals surface area (Å²) in [6.07, 6.45) is 0.952. The maximum atomic E-state index is 4.47. The summed E-state index contributed by atoms with van der Waals surface area (Å²) in [7, 11) is 0. The summed E-state index contributed by atoms with van der Waals surface area (Å²) in [6, 6.07) is 21.2. The van der Waals surface area contributed by atoms with E-state index in [2.05, 4.69) is 117 Å². The molecule has 1 aromatic heterocycles. The number of hydrogen-bond donors (Lipinski definition) is 2. The highest BCUT2D eigenvalue weighted by atomic mass is 15.2. The molecule has 4 nitrogen and oxygen atoms in total. The second-order valence-corrected chi connectivity index (χ2v) is 10.8. The molecule has 0 aliphatic rings. The molecule has 4 heteroatoms. The van der Waals surface area contributed by atoms with E-state index in [-0.39, 0.29) is 10.8 Å². The van der Waals surface area contributed by atoms with Crippen molar-refractivity contribution < 1.29 is 0 Å². The van der Waals surface area contributed by atoms with Crippen LogP contribution in [0.3, 0.4) is 0 Å². The van der Waals surface area contributed by atoms with Crippen molar-refractivity contribution >= 4 is 5.82 Å². The van der Waals surface area contributed by atoms with Crippen molar-refractivity contribution in [3.63, 3.8) is 0 Å². The van der Waals surface area contributed by atoms with Crippen LogP contribution in [0.5, 0.6) is 0 Å². The molecule has 0 spiro atoms. The highest BCUT2D eigenvalue weighted by Gasteiger charge is 2.20. The average molecular weight is 443 g/mol. The zero-order valence-corrected chi connectivity index (χ0v) is 21.0. The van der Waals surface area contributed by atoms with Crippen LogP contribution in [0.2, 0.25) is 0 Å². The lowest BCUT2D eigenvalue weighted by atomic mass is 9.84. The molecule has 2 aromatic carbocycles. The largest absolute Gasteiger partial charge is 0.385 e. The Morgan fingerprint density at radius 1 is 0.909 bits per heavy atom. The second-order valence-electron chi connectivity index (χ2n) is 10.8. The molecule has 2 N–H and O–H groups in total. The predicted octanol–water partition coefficient (Wildman–Crippen LogP) is 6.88. The lowest BCUT2D eigenvalue weighted by Gasteiger charge is -2.26. The van der Waals surface area contributed by atoms with Crippen molar-refractivity contribution in [2.24, 2.45) is 5.41 Å². The van der Waals surface area contributed by atoms with Crippen LogP contribution in [0, 0.1) is 12.3 Å². The lowest BCUT2D eigenvalue weighted by molar-refractivity contribution is 0.398. The minimum absolute atomic E-state index is 0.00756. The fourth-order valence-corrected chi connectivity index (χ4v) is 3.77. The second kappa shape index (κ2) is 10.2. The number of hydrogen-bond acceptors (Lipinski definition) is 4. The third-order valence-electron chi connectivity index (χ3n) is 5.72. The molecular weight excluding hydrogens is 404 g/mol. The first-order valence-electron chi connectivity index (χ1n) is 11.7. The van der Waals surface area contributed by atoms with E-state index in [4.69, 9.17) is 0 Å². The molecule has 0 amide bonds. The number of allylic oxidation sites excluding steroid dienone is 1. The number of nitrogens with one attached hydrogen (secondary N) is 2. The SMILES string of the molecule is C=C(CC(C)(C)C)NCc1cccc(-c2ccc(NCC(C)(C)c3ccc(C)cc3)nn2)c1. The highest BCUT2D eigenvalue weighted by molar-refractivity contribution is 5.60. The third-order valence-corrected chi connectivity index (χ3v) is 5.72. The lowest BCUT2D eigenvalue weighted by Crippen LogP contribution is -2.28. The van der Waals surface area contributed by atoms with Gasteiger partial charge in [-0.3, -0.25) is 0 Å². The molecule has 0 saturated carbocycles. The third kappa shape index (κ3) is 7.45. The molecule has 174 valence electrons. The van der Waals surface area contributed by atoms with Gasteiger partial charge in [-0.25, -0.2) is 0 Å². The van der Waals surface area contributed by atoms with Gasteiger partial charge in [-0.15, -0.1) is 10.2 Å². The summed E-state index contributed by atoms with van der Waals surface area (Å²) < 4.78 is 0. The Morgan fingerprint density at radius 3 is 2.27 bits per heavy atom. The van der Waals surface area contributed by atoms with Gasteiger partial charge in [0.15, 0.2) is 0 Å². The summed E-state index contributed by atoms with van der Waals surface area (Å²) in [4.78, 5) is 0. The van der Waals surface area contributed by atoms with Gasteiger partial charge in [-0.1, -0.05) is 89.2 Å². The van der Waals surface area contributed by atoms with E-state index < -0.39 is 0 Å². The molecule has 0 radical (unpaired) electrons. The Bertz CT molecular complexity index is 1060. The molecule has 0 bridgehead atoms. The average Bonchev–Trinajstić information content (AvgIpc) is 2.76. The van der Waals surface area contributed by atoms with Gasteiger partial charge >= 0.3 is 0 Å². The van der Waals surface area contributed by atoms with Crippen LogP contribution in [0.25, 0.3) is 11.3 Å². The standard InChI is InChI=1S/C29H38N4/c1-21-11-13-25(14-12-21)29(6,7)20-31-27-16-15-26(32-33-27)24-10-8-9-23(17-24)19-30-22(2)18-28(3,4)5/h8-17,30H,2,18-20H2,1,3-7H3,(H,31,33). The van der Waals surface area contributed by atoms with E-state index in [1.54, 1.807) is 0 Å². The number of aromatic nitrogens is 2. The Kier molecular flexibility index (Phi) is 7.57. The Hall–Kier alpha value is -3.14. The van der Waals surface area contributed by atoms with Gasteiger partial charge in [0, 0.05) is 29.8 Å². The van der Waals surface area contributed by atoms with Crippen LogP contribution in [-0.2, 0) is 12.0 Å². The van der Waals surface area contributed by atoms with Gasteiger partial charge in [0.2, 0.25) is 0 Å².